The minimum atomic E-state index is -0.248. The van der Waals surface area contributed by atoms with E-state index >= 15 is 0 Å². The van der Waals surface area contributed by atoms with Gasteiger partial charge in [0.2, 0.25) is 0 Å². The van der Waals surface area contributed by atoms with Crippen LogP contribution in [0.1, 0.15) is 10.4 Å². The summed E-state index contributed by atoms with van der Waals surface area (Å²) in [6.07, 6.45) is 0. The number of halogens is 2. The van der Waals surface area contributed by atoms with Gasteiger partial charge in [-0.25, -0.2) is 0 Å². The van der Waals surface area contributed by atoms with Gasteiger partial charge in [-0.15, -0.1) is 11.6 Å². The molecule has 0 heterocycles. The number of benzene rings is 1. The molecule has 0 aromatic heterocycles. The molecule has 0 fully saturated rings. The maximum Gasteiger partial charge on any atom is 0.251 e. The third-order valence-electron chi connectivity index (χ3n) is 1.96. The molecule has 0 spiro atoms. The zero-order valence-electron chi connectivity index (χ0n) is 9.08. The van der Waals surface area contributed by atoms with Crippen molar-refractivity contribution in [1.29, 1.82) is 0 Å². The second-order valence-electron chi connectivity index (χ2n) is 3.22. The van der Waals surface area contributed by atoms with Gasteiger partial charge >= 0.3 is 0 Å². The van der Waals surface area contributed by atoms with E-state index in [0.29, 0.717) is 35.7 Å². The molecule has 4 nitrogen and oxygen atoms in total. The van der Waals surface area contributed by atoms with E-state index in [2.05, 4.69) is 21.2 Å². The second-order valence-corrected chi connectivity index (χ2v) is 4.46. The van der Waals surface area contributed by atoms with Crippen molar-refractivity contribution in [1.82, 2.24) is 5.32 Å². The number of nitrogens with one attached hydrogen (secondary N) is 1. The third-order valence-corrected chi connectivity index (χ3v) is 2.79. The number of ether oxygens (including phenoxy) is 1. The van der Waals surface area contributed by atoms with E-state index in [-0.39, 0.29) is 11.7 Å². The number of rotatable bonds is 6. The Morgan fingerprint density at radius 1 is 1.47 bits per heavy atom. The van der Waals surface area contributed by atoms with E-state index in [9.17, 15) is 9.90 Å². The summed E-state index contributed by atoms with van der Waals surface area (Å²) in [5.41, 5.74) is 0.406. The van der Waals surface area contributed by atoms with Gasteiger partial charge in [0.05, 0.1) is 17.7 Å². The summed E-state index contributed by atoms with van der Waals surface area (Å²) < 4.78 is 5.66. The van der Waals surface area contributed by atoms with Gasteiger partial charge in [-0.3, -0.25) is 4.79 Å². The largest absolute Gasteiger partial charge is 0.507 e. The third kappa shape index (κ3) is 4.93. The Morgan fingerprint density at radius 3 is 2.88 bits per heavy atom. The minimum absolute atomic E-state index is 0.0380. The molecule has 1 aromatic rings. The number of phenolic OH excluding ortho intramolecular Hbond substituents is 1. The molecule has 1 aromatic carbocycles. The van der Waals surface area contributed by atoms with Crippen LogP contribution in [0, 0.1) is 0 Å². The quantitative estimate of drug-likeness (QED) is 0.623. The number of alkyl halides is 1. The molecule has 6 heteroatoms. The van der Waals surface area contributed by atoms with Crippen LogP contribution in [-0.4, -0.2) is 36.7 Å². The van der Waals surface area contributed by atoms with Crippen molar-refractivity contribution in [3.05, 3.63) is 28.2 Å². The van der Waals surface area contributed by atoms with Crippen LogP contribution in [0.25, 0.3) is 0 Å². The first-order chi connectivity index (χ1) is 8.15. The maximum atomic E-state index is 11.6. The first kappa shape index (κ1) is 14.3. The minimum Gasteiger partial charge on any atom is -0.507 e. The van der Waals surface area contributed by atoms with Crippen molar-refractivity contribution in [3.63, 3.8) is 0 Å². The Labute approximate surface area is 113 Å². The van der Waals surface area contributed by atoms with E-state index < -0.39 is 0 Å². The topological polar surface area (TPSA) is 58.6 Å². The fourth-order valence-electron chi connectivity index (χ4n) is 1.15. The molecule has 0 aliphatic carbocycles. The van der Waals surface area contributed by atoms with Crippen LogP contribution >= 0.6 is 27.5 Å². The Morgan fingerprint density at radius 2 is 2.24 bits per heavy atom. The lowest BCUT2D eigenvalue weighted by Crippen LogP contribution is -2.27. The number of carbonyl (C=O) groups is 1. The molecule has 0 aliphatic rings. The lowest BCUT2D eigenvalue weighted by Gasteiger charge is -2.06. The smallest absolute Gasteiger partial charge is 0.251 e. The fraction of sp³-hybridized carbons (Fsp3) is 0.364. The highest BCUT2D eigenvalue weighted by molar-refractivity contribution is 9.10. The first-order valence-electron chi connectivity index (χ1n) is 5.05. The maximum absolute atomic E-state index is 11.6. The summed E-state index contributed by atoms with van der Waals surface area (Å²) in [5, 5.41) is 12.1. The molecule has 0 saturated carbocycles. The summed E-state index contributed by atoms with van der Waals surface area (Å²) in [4.78, 5) is 11.6. The molecule has 2 N–H and O–H groups in total. The van der Waals surface area contributed by atoms with Crippen LogP contribution in [0.15, 0.2) is 22.7 Å². The lowest BCUT2D eigenvalue weighted by atomic mass is 10.2. The van der Waals surface area contributed by atoms with Crippen LogP contribution in [0.2, 0.25) is 0 Å². The summed E-state index contributed by atoms with van der Waals surface area (Å²) in [5.74, 6) is 0.229. The van der Waals surface area contributed by atoms with Crippen LogP contribution in [0.4, 0.5) is 0 Å². The molecule has 1 amide bonds. The molecular weight excluding hydrogens is 309 g/mol. The first-order valence-corrected chi connectivity index (χ1v) is 6.38. The van der Waals surface area contributed by atoms with Crippen LogP contribution in [0.3, 0.4) is 0 Å². The zero-order chi connectivity index (χ0) is 12.7. The molecular formula is C11H13BrClNO3. The Balaban J connectivity index is 2.39. The monoisotopic (exact) mass is 321 g/mol. The molecule has 17 heavy (non-hydrogen) atoms. The van der Waals surface area contributed by atoms with E-state index in [4.69, 9.17) is 16.3 Å². The number of aromatic hydroxyl groups is 1. The van der Waals surface area contributed by atoms with Gasteiger partial charge in [0.25, 0.3) is 5.91 Å². The van der Waals surface area contributed by atoms with Gasteiger partial charge in [-0.1, -0.05) is 0 Å². The Hall–Kier alpha value is -0.780. The molecule has 1 rings (SSSR count). The Bertz CT molecular complexity index is 387. The average Bonchev–Trinajstić information content (AvgIpc) is 2.32. The zero-order valence-corrected chi connectivity index (χ0v) is 11.4. The highest BCUT2D eigenvalue weighted by Gasteiger charge is 2.07. The van der Waals surface area contributed by atoms with Gasteiger partial charge in [0.15, 0.2) is 0 Å². The Kier molecular flexibility index (Phi) is 6.32. The summed E-state index contributed by atoms with van der Waals surface area (Å²) in [6.45, 7) is 1.30. The highest BCUT2D eigenvalue weighted by Crippen LogP contribution is 2.24. The van der Waals surface area contributed by atoms with Crippen molar-refractivity contribution in [3.8, 4) is 5.75 Å². The molecule has 0 saturated heterocycles. The summed E-state index contributed by atoms with van der Waals surface area (Å²) in [7, 11) is 0. The number of phenols is 1. The van der Waals surface area contributed by atoms with Gasteiger partial charge in [-0.2, -0.15) is 0 Å². The predicted octanol–water partition coefficient (Wildman–Crippen LogP) is 2.14. The molecule has 0 atom stereocenters. The molecule has 0 bridgehead atoms. The van der Waals surface area contributed by atoms with Crippen molar-refractivity contribution in [2.75, 3.05) is 25.6 Å². The average molecular weight is 323 g/mol. The van der Waals surface area contributed by atoms with Crippen molar-refractivity contribution < 1.29 is 14.6 Å². The van der Waals surface area contributed by atoms with Crippen molar-refractivity contribution >= 4 is 33.4 Å². The van der Waals surface area contributed by atoms with Crippen LogP contribution in [0.5, 0.6) is 5.75 Å². The van der Waals surface area contributed by atoms with Gasteiger partial charge in [0, 0.05) is 18.0 Å². The van der Waals surface area contributed by atoms with Crippen molar-refractivity contribution in [2.45, 2.75) is 0 Å². The van der Waals surface area contributed by atoms with Gasteiger partial charge in [-0.05, 0) is 34.1 Å². The van der Waals surface area contributed by atoms with E-state index in [1.807, 2.05) is 0 Å². The standard InChI is InChI=1S/C11H13BrClNO3/c12-9-2-1-8(7-10(9)15)11(16)14-4-6-17-5-3-13/h1-2,7,15H,3-6H2,(H,14,16). The van der Waals surface area contributed by atoms with Crippen LogP contribution in [-0.2, 0) is 4.74 Å². The van der Waals surface area contributed by atoms with E-state index in [0.717, 1.165) is 0 Å². The molecule has 94 valence electrons. The van der Waals surface area contributed by atoms with E-state index in [1.165, 1.54) is 6.07 Å². The lowest BCUT2D eigenvalue weighted by molar-refractivity contribution is 0.0923. The summed E-state index contributed by atoms with van der Waals surface area (Å²) >= 11 is 8.57. The SMILES string of the molecule is O=C(NCCOCCCl)c1ccc(Br)c(O)c1. The fourth-order valence-corrected chi connectivity index (χ4v) is 1.51. The van der Waals surface area contributed by atoms with E-state index in [1.54, 1.807) is 12.1 Å². The molecule has 0 aliphatic heterocycles. The van der Waals surface area contributed by atoms with Gasteiger partial charge in [0.1, 0.15) is 5.75 Å². The van der Waals surface area contributed by atoms with Gasteiger partial charge < -0.3 is 15.2 Å². The molecule has 0 radical (unpaired) electrons. The van der Waals surface area contributed by atoms with Crippen molar-refractivity contribution in [2.24, 2.45) is 0 Å². The highest BCUT2D eigenvalue weighted by atomic mass is 79.9. The van der Waals surface area contributed by atoms with Crippen LogP contribution < -0.4 is 5.32 Å². The second kappa shape index (κ2) is 7.53. The summed E-state index contributed by atoms with van der Waals surface area (Å²) in [6, 6.07) is 4.64. The predicted molar refractivity (Wildman–Crippen MR) is 69.7 cm³/mol. The number of hydrogen-bond acceptors (Lipinski definition) is 3. The number of amides is 1. The molecule has 0 unspecified atom stereocenters. The number of hydrogen-bond donors (Lipinski definition) is 2. The number of carbonyl (C=O) groups excluding carboxylic acids is 1. The normalized spacial score (nSPS) is 10.2.